The van der Waals surface area contributed by atoms with Crippen LogP contribution in [0.3, 0.4) is 0 Å². The van der Waals surface area contributed by atoms with Gasteiger partial charge in [-0.2, -0.15) is 0 Å². The summed E-state index contributed by atoms with van der Waals surface area (Å²) in [5.74, 6) is -1.00. The molecule has 0 aromatic carbocycles. The average Bonchev–Trinajstić information content (AvgIpc) is 2.38. The minimum Gasteiger partial charge on any atom is -0.480 e. The van der Waals surface area contributed by atoms with Gasteiger partial charge in [0.05, 0.1) is 13.2 Å². The molecular weight excluding hydrogens is 252 g/mol. The van der Waals surface area contributed by atoms with E-state index >= 15 is 0 Å². The standard InChI is InChI=1S/C12H24N2O5/c1-5-10(11(15)16)13(2)12(17)14(6-8-18-3)7-9-19-4/h10H,5-9H2,1-4H3,(H,15,16). The summed E-state index contributed by atoms with van der Waals surface area (Å²) >= 11 is 0. The molecule has 0 bridgehead atoms. The quantitative estimate of drug-likeness (QED) is 0.663. The molecule has 0 spiro atoms. The van der Waals surface area contributed by atoms with Gasteiger partial charge in [0.15, 0.2) is 0 Å². The van der Waals surface area contributed by atoms with Crippen molar-refractivity contribution in [1.29, 1.82) is 0 Å². The minimum absolute atomic E-state index is 0.330. The van der Waals surface area contributed by atoms with Gasteiger partial charge in [-0.25, -0.2) is 9.59 Å². The van der Waals surface area contributed by atoms with Gasteiger partial charge in [-0.1, -0.05) is 6.92 Å². The van der Waals surface area contributed by atoms with E-state index in [0.717, 1.165) is 0 Å². The largest absolute Gasteiger partial charge is 0.480 e. The number of hydrogen-bond donors (Lipinski definition) is 1. The van der Waals surface area contributed by atoms with Crippen LogP contribution in [0, 0.1) is 0 Å². The number of carbonyl (C=O) groups excluding carboxylic acids is 1. The zero-order chi connectivity index (χ0) is 14.8. The maximum atomic E-state index is 12.2. The second-order valence-corrected chi connectivity index (χ2v) is 4.13. The molecule has 0 aliphatic carbocycles. The van der Waals surface area contributed by atoms with Crippen LogP contribution in [0.4, 0.5) is 4.79 Å². The van der Waals surface area contributed by atoms with Crippen LogP contribution in [-0.2, 0) is 14.3 Å². The Bertz CT molecular complexity index is 277. The maximum absolute atomic E-state index is 12.2. The Morgan fingerprint density at radius 1 is 1.16 bits per heavy atom. The third-order valence-corrected chi connectivity index (χ3v) is 2.84. The zero-order valence-electron chi connectivity index (χ0n) is 12.1. The Morgan fingerprint density at radius 2 is 1.63 bits per heavy atom. The van der Waals surface area contributed by atoms with Crippen LogP contribution in [0.1, 0.15) is 13.3 Å². The molecule has 2 amide bonds. The molecule has 7 nitrogen and oxygen atoms in total. The number of rotatable bonds is 9. The molecule has 0 heterocycles. The van der Waals surface area contributed by atoms with Gasteiger partial charge in [0.1, 0.15) is 6.04 Å². The number of carboxylic acids is 1. The number of aliphatic carboxylic acids is 1. The normalized spacial score (nSPS) is 12.0. The van der Waals surface area contributed by atoms with Crippen molar-refractivity contribution >= 4 is 12.0 Å². The molecule has 0 rings (SSSR count). The van der Waals surface area contributed by atoms with Crippen molar-refractivity contribution in [3.8, 4) is 0 Å². The first-order chi connectivity index (χ1) is 8.99. The molecule has 1 atom stereocenters. The maximum Gasteiger partial charge on any atom is 0.326 e. The molecule has 1 unspecified atom stereocenters. The molecular formula is C12H24N2O5. The summed E-state index contributed by atoms with van der Waals surface area (Å²) in [6, 6.07) is -1.15. The Labute approximate surface area is 114 Å². The van der Waals surface area contributed by atoms with Crippen LogP contribution in [0.15, 0.2) is 0 Å². The highest BCUT2D eigenvalue weighted by Crippen LogP contribution is 2.06. The molecule has 0 saturated carbocycles. The number of methoxy groups -OCH3 is 2. The Balaban J connectivity index is 4.69. The summed E-state index contributed by atoms with van der Waals surface area (Å²) < 4.78 is 9.89. The van der Waals surface area contributed by atoms with Crippen molar-refractivity contribution in [1.82, 2.24) is 9.80 Å². The fourth-order valence-corrected chi connectivity index (χ4v) is 1.68. The van der Waals surface area contributed by atoms with E-state index in [1.54, 1.807) is 21.1 Å². The summed E-state index contributed by atoms with van der Waals surface area (Å²) in [6.45, 7) is 3.33. The molecule has 0 aromatic rings. The highest BCUT2D eigenvalue weighted by Gasteiger charge is 2.27. The van der Waals surface area contributed by atoms with Crippen molar-refractivity contribution in [2.75, 3.05) is 47.6 Å². The summed E-state index contributed by atoms with van der Waals surface area (Å²) in [6.07, 6.45) is 0.361. The fraction of sp³-hybridized carbons (Fsp3) is 0.833. The van der Waals surface area contributed by atoms with Gasteiger partial charge in [-0.3, -0.25) is 0 Å². The van der Waals surface area contributed by atoms with Crippen molar-refractivity contribution in [3.63, 3.8) is 0 Å². The van der Waals surface area contributed by atoms with E-state index in [-0.39, 0.29) is 6.03 Å². The summed E-state index contributed by atoms with van der Waals surface area (Å²) in [7, 11) is 4.60. The third-order valence-electron chi connectivity index (χ3n) is 2.84. The molecule has 0 aromatic heterocycles. The molecule has 0 radical (unpaired) electrons. The summed E-state index contributed by atoms with van der Waals surface area (Å²) in [4.78, 5) is 26.1. The predicted molar refractivity (Wildman–Crippen MR) is 70.2 cm³/mol. The Kier molecular flexibility index (Phi) is 8.90. The van der Waals surface area contributed by atoms with Crippen LogP contribution in [0.25, 0.3) is 0 Å². The molecule has 0 aliphatic heterocycles. The second-order valence-electron chi connectivity index (χ2n) is 4.13. The topological polar surface area (TPSA) is 79.3 Å². The highest BCUT2D eigenvalue weighted by molar-refractivity contribution is 5.82. The van der Waals surface area contributed by atoms with E-state index in [4.69, 9.17) is 14.6 Å². The van der Waals surface area contributed by atoms with Crippen molar-refractivity contribution < 1.29 is 24.2 Å². The van der Waals surface area contributed by atoms with Crippen molar-refractivity contribution in [3.05, 3.63) is 0 Å². The van der Waals surface area contributed by atoms with E-state index in [1.807, 2.05) is 0 Å². The van der Waals surface area contributed by atoms with Gasteiger partial charge in [0, 0.05) is 34.4 Å². The molecule has 7 heteroatoms. The SMILES string of the molecule is CCC(C(=O)O)N(C)C(=O)N(CCOC)CCOC. The number of hydrogen-bond acceptors (Lipinski definition) is 4. The smallest absolute Gasteiger partial charge is 0.326 e. The van der Waals surface area contributed by atoms with Gasteiger partial charge in [0.2, 0.25) is 0 Å². The molecule has 19 heavy (non-hydrogen) atoms. The summed E-state index contributed by atoms with van der Waals surface area (Å²) in [5, 5.41) is 9.06. The van der Waals surface area contributed by atoms with E-state index < -0.39 is 12.0 Å². The van der Waals surface area contributed by atoms with Crippen LogP contribution in [0.5, 0.6) is 0 Å². The van der Waals surface area contributed by atoms with Gasteiger partial charge in [0.25, 0.3) is 0 Å². The first-order valence-electron chi connectivity index (χ1n) is 6.21. The second kappa shape index (κ2) is 9.57. The highest BCUT2D eigenvalue weighted by atomic mass is 16.5. The van der Waals surface area contributed by atoms with Gasteiger partial charge >= 0.3 is 12.0 Å². The first kappa shape index (κ1) is 17.7. The lowest BCUT2D eigenvalue weighted by atomic mass is 10.2. The van der Waals surface area contributed by atoms with E-state index in [9.17, 15) is 9.59 Å². The molecule has 0 fully saturated rings. The van der Waals surface area contributed by atoms with Crippen LogP contribution in [-0.4, -0.2) is 80.5 Å². The predicted octanol–water partition coefficient (Wildman–Crippen LogP) is 0.496. The molecule has 112 valence electrons. The fourth-order valence-electron chi connectivity index (χ4n) is 1.68. The van der Waals surface area contributed by atoms with E-state index in [2.05, 4.69) is 0 Å². The van der Waals surface area contributed by atoms with Gasteiger partial charge in [-0.05, 0) is 6.42 Å². The number of likely N-dealkylation sites (N-methyl/N-ethyl adjacent to an activating group) is 1. The average molecular weight is 276 g/mol. The Morgan fingerprint density at radius 3 is 1.95 bits per heavy atom. The van der Waals surface area contributed by atoms with Crippen LogP contribution < -0.4 is 0 Å². The Hall–Kier alpha value is -1.34. The third kappa shape index (κ3) is 5.89. The van der Waals surface area contributed by atoms with Gasteiger partial charge < -0.3 is 24.4 Å². The number of carboxylic acid groups (broad SMARTS) is 1. The van der Waals surface area contributed by atoms with Crippen LogP contribution in [0.2, 0.25) is 0 Å². The first-order valence-corrected chi connectivity index (χ1v) is 6.21. The van der Waals surface area contributed by atoms with Crippen molar-refractivity contribution in [2.24, 2.45) is 0 Å². The lowest BCUT2D eigenvalue weighted by Gasteiger charge is -2.31. The number of nitrogens with zero attached hydrogens (tertiary/aromatic N) is 2. The minimum atomic E-state index is -1.00. The van der Waals surface area contributed by atoms with E-state index in [0.29, 0.717) is 32.7 Å². The lowest BCUT2D eigenvalue weighted by molar-refractivity contribution is -0.142. The lowest BCUT2D eigenvalue weighted by Crippen LogP contribution is -2.50. The monoisotopic (exact) mass is 276 g/mol. The molecule has 1 N–H and O–H groups in total. The number of carbonyl (C=O) groups is 2. The molecule has 0 saturated heterocycles. The number of amides is 2. The number of urea groups is 1. The van der Waals surface area contributed by atoms with Gasteiger partial charge in [-0.15, -0.1) is 0 Å². The van der Waals surface area contributed by atoms with Crippen LogP contribution >= 0.6 is 0 Å². The van der Waals surface area contributed by atoms with E-state index in [1.165, 1.54) is 16.8 Å². The zero-order valence-corrected chi connectivity index (χ0v) is 12.1. The number of ether oxygens (including phenoxy) is 2. The molecule has 0 aliphatic rings. The summed E-state index contributed by atoms with van der Waals surface area (Å²) in [5.41, 5.74) is 0. The van der Waals surface area contributed by atoms with Crippen molar-refractivity contribution in [2.45, 2.75) is 19.4 Å².